The maximum atomic E-state index is 13.8. The van der Waals surface area contributed by atoms with Crippen molar-refractivity contribution >= 4 is 17.4 Å². The Morgan fingerprint density at radius 1 is 1.20 bits per heavy atom. The summed E-state index contributed by atoms with van der Waals surface area (Å²) in [7, 11) is 1.61. The fourth-order valence-electron chi connectivity index (χ4n) is 2.83. The third kappa shape index (κ3) is 5.33. The van der Waals surface area contributed by atoms with Crippen LogP contribution in [0.4, 0.5) is 10.1 Å². The Morgan fingerprint density at radius 3 is 2.60 bits per heavy atom. The molecule has 3 aromatic rings. The van der Waals surface area contributed by atoms with Crippen molar-refractivity contribution in [1.29, 1.82) is 0 Å². The van der Waals surface area contributed by atoms with E-state index < -0.39 is 10.7 Å². The van der Waals surface area contributed by atoms with Gasteiger partial charge in [-0.25, -0.2) is 4.39 Å². The van der Waals surface area contributed by atoms with Gasteiger partial charge in [0.05, 0.1) is 17.6 Å². The van der Waals surface area contributed by atoms with Gasteiger partial charge in [0, 0.05) is 25.0 Å². The van der Waals surface area contributed by atoms with Crippen LogP contribution in [0.3, 0.4) is 0 Å². The van der Waals surface area contributed by atoms with E-state index in [4.69, 9.17) is 9.47 Å². The van der Waals surface area contributed by atoms with E-state index in [9.17, 15) is 14.5 Å². The van der Waals surface area contributed by atoms with Crippen LogP contribution in [-0.2, 0) is 17.1 Å². The molecule has 0 N–H and O–H groups in total. The standard InChI is InChI=1S/C20H21FN4O4S/c1-14(11-28-2)24-19(12-29-18-6-4-3-5-17(18)21)22-23-20(24)30-13-15-7-9-16(10-8-15)25(26)27/h3-10,14H,11-13H2,1-2H3/t14-/m1/s1. The van der Waals surface area contributed by atoms with Crippen molar-refractivity contribution in [2.24, 2.45) is 0 Å². The topological polar surface area (TPSA) is 92.3 Å². The predicted octanol–water partition coefficient (Wildman–Crippen LogP) is 4.40. The molecular weight excluding hydrogens is 411 g/mol. The molecule has 0 radical (unpaired) electrons. The van der Waals surface area contributed by atoms with Gasteiger partial charge in [0.1, 0.15) is 6.61 Å². The third-order valence-corrected chi connectivity index (χ3v) is 5.31. The predicted molar refractivity (Wildman–Crippen MR) is 110 cm³/mol. The second kappa shape index (κ2) is 10.2. The maximum Gasteiger partial charge on any atom is 0.269 e. The van der Waals surface area contributed by atoms with Crippen LogP contribution in [-0.4, -0.2) is 33.4 Å². The van der Waals surface area contributed by atoms with E-state index in [-0.39, 0.29) is 24.1 Å². The number of hydrogen-bond acceptors (Lipinski definition) is 7. The van der Waals surface area contributed by atoms with E-state index in [2.05, 4.69) is 10.2 Å². The first kappa shape index (κ1) is 21.7. The van der Waals surface area contributed by atoms with Crippen LogP contribution in [0.15, 0.2) is 53.7 Å². The number of hydrogen-bond donors (Lipinski definition) is 0. The molecule has 0 bridgehead atoms. The average Bonchev–Trinajstić information content (AvgIpc) is 3.15. The van der Waals surface area contributed by atoms with Crippen molar-refractivity contribution in [2.45, 2.75) is 30.5 Å². The van der Waals surface area contributed by atoms with Gasteiger partial charge in [-0.1, -0.05) is 36.0 Å². The molecule has 3 rings (SSSR count). The van der Waals surface area contributed by atoms with Crippen molar-refractivity contribution in [2.75, 3.05) is 13.7 Å². The Morgan fingerprint density at radius 2 is 1.93 bits per heavy atom. The van der Waals surface area contributed by atoms with Gasteiger partial charge < -0.3 is 9.47 Å². The van der Waals surface area contributed by atoms with Crippen molar-refractivity contribution in [3.05, 3.63) is 75.9 Å². The zero-order chi connectivity index (χ0) is 21.5. The highest BCUT2D eigenvalue weighted by molar-refractivity contribution is 7.98. The molecule has 0 aliphatic rings. The molecule has 1 heterocycles. The maximum absolute atomic E-state index is 13.8. The minimum absolute atomic E-state index is 0.0493. The summed E-state index contributed by atoms with van der Waals surface area (Å²) in [5.74, 6) is 0.811. The number of nitrogens with zero attached hydrogens (tertiary/aromatic N) is 4. The number of halogens is 1. The lowest BCUT2D eigenvalue weighted by molar-refractivity contribution is -0.384. The Balaban J connectivity index is 1.75. The van der Waals surface area contributed by atoms with E-state index in [0.29, 0.717) is 23.3 Å². The highest BCUT2D eigenvalue weighted by atomic mass is 32.2. The molecule has 10 heteroatoms. The first-order valence-corrected chi connectivity index (χ1v) is 10.1. The first-order valence-electron chi connectivity index (χ1n) is 9.15. The van der Waals surface area contributed by atoms with Crippen LogP contribution in [0.2, 0.25) is 0 Å². The number of thioether (sulfide) groups is 1. The molecule has 0 saturated carbocycles. The fourth-order valence-corrected chi connectivity index (χ4v) is 3.84. The number of nitro groups is 1. The van der Waals surface area contributed by atoms with Gasteiger partial charge in [0.25, 0.3) is 5.69 Å². The lowest BCUT2D eigenvalue weighted by Crippen LogP contribution is -2.16. The van der Waals surface area contributed by atoms with Gasteiger partial charge in [-0.2, -0.15) is 0 Å². The molecule has 158 valence electrons. The molecule has 1 aromatic heterocycles. The number of non-ortho nitro benzene ring substituents is 1. The summed E-state index contributed by atoms with van der Waals surface area (Å²) in [5.41, 5.74) is 0.969. The van der Waals surface area contributed by atoms with E-state index >= 15 is 0 Å². The normalized spacial score (nSPS) is 12.0. The first-order chi connectivity index (χ1) is 14.5. The van der Waals surface area contributed by atoms with Crippen LogP contribution >= 0.6 is 11.8 Å². The molecule has 0 amide bonds. The molecule has 0 saturated heterocycles. The Hall–Kier alpha value is -2.98. The SMILES string of the molecule is COC[C@@H](C)n1c(COc2ccccc2F)nnc1SCc1ccc([N+](=O)[O-])cc1. The molecule has 0 fully saturated rings. The van der Waals surface area contributed by atoms with Crippen LogP contribution in [0.5, 0.6) is 5.75 Å². The highest BCUT2D eigenvalue weighted by Crippen LogP contribution is 2.27. The number of methoxy groups -OCH3 is 1. The lowest BCUT2D eigenvalue weighted by Gasteiger charge is -2.17. The molecule has 0 aliphatic heterocycles. The van der Waals surface area contributed by atoms with E-state index in [1.807, 2.05) is 11.5 Å². The minimum Gasteiger partial charge on any atom is -0.483 e. The fraction of sp³-hybridized carbons (Fsp3) is 0.300. The zero-order valence-corrected chi connectivity index (χ0v) is 17.3. The van der Waals surface area contributed by atoms with Crippen molar-refractivity contribution in [3.8, 4) is 5.75 Å². The van der Waals surface area contributed by atoms with Crippen LogP contribution in [0.1, 0.15) is 24.4 Å². The van der Waals surface area contributed by atoms with Crippen LogP contribution in [0, 0.1) is 15.9 Å². The number of rotatable bonds is 10. The van der Waals surface area contributed by atoms with Gasteiger partial charge in [-0.05, 0) is 24.6 Å². The Labute approximate surface area is 177 Å². The molecule has 2 aromatic carbocycles. The van der Waals surface area contributed by atoms with E-state index in [1.165, 1.54) is 30.0 Å². The largest absolute Gasteiger partial charge is 0.483 e. The lowest BCUT2D eigenvalue weighted by atomic mass is 10.2. The van der Waals surface area contributed by atoms with Gasteiger partial charge in [0.15, 0.2) is 22.5 Å². The molecule has 0 unspecified atom stereocenters. The number of nitro benzene ring substituents is 1. The average molecular weight is 432 g/mol. The van der Waals surface area contributed by atoms with Gasteiger partial charge in [-0.15, -0.1) is 10.2 Å². The molecule has 0 spiro atoms. The molecule has 8 nitrogen and oxygen atoms in total. The zero-order valence-electron chi connectivity index (χ0n) is 16.5. The van der Waals surface area contributed by atoms with Crippen molar-refractivity contribution in [3.63, 3.8) is 0 Å². The van der Waals surface area contributed by atoms with Gasteiger partial charge in [-0.3, -0.25) is 14.7 Å². The number of ether oxygens (including phenoxy) is 2. The molecule has 30 heavy (non-hydrogen) atoms. The summed E-state index contributed by atoms with van der Waals surface area (Å²) < 4.78 is 26.6. The summed E-state index contributed by atoms with van der Waals surface area (Å²) in [6, 6.07) is 12.5. The molecule has 1 atom stereocenters. The third-order valence-electron chi connectivity index (χ3n) is 4.29. The van der Waals surface area contributed by atoms with Gasteiger partial charge in [0.2, 0.25) is 0 Å². The smallest absolute Gasteiger partial charge is 0.269 e. The van der Waals surface area contributed by atoms with Crippen molar-refractivity contribution in [1.82, 2.24) is 14.8 Å². The van der Waals surface area contributed by atoms with Crippen LogP contribution < -0.4 is 4.74 Å². The summed E-state index contributed by atoms with van der Waals surface area (Å²) in [5, 5.41) is 19.9. The summed E-state index contributed by atoms with van der Waals surface area (Å²) >= 11 is 1.45. The van der Waals surface area contributed by atoms with Crippen LogP contribution in [0.25, 0.3) is 0 Å². The number of benzene rings is 2. The Kier molecular flexibility index (Phi) is 7.36. The Bertz CT molecular complexity index is 997. The second-order valence-electron chi connectivity index (χ2n) is 6.50. The van der Waals surface area contributed by atoms with E-state index in [0.717, 1.165) is 5.56 Å². The summed E-state index contributed by atoms with van der Waals surface area (Å²) in [6.45, 7) is 2.46. The molecular formula is C20H21FN4O4S. The van der Waals surface area contributed by atoms with Gasteiger partial charge >= 0.3 is 0 Å². The number of para-hydroxylation sites is 1. The quantitative estimate of drug-likeness (QED) is 0.266. The highest BCUT2D eigenvalue weighted by Gasteiger charge is 2.19. The second-order valence-corrected chi connectivity index (χ2v) is 7.45. The van der Waals surface area contributed by atoms with E-state index in [1.54, 1.807) is 37.4 Å². The summed E-state index contributed by atoms with van der Waals surface area (Å²) in [4.78, 5) is 10.4. The summed E-state index contributed by atoms with van der Waals surface area (Å²) in [6.07, 6.45) is 0. The minimum atomic E-state index is -0.443. The monoisotopic (exact) mass is 432 g/mol. The number of aromatic nitrogens is 3. The van der Waals surface area contributed by atoms with Crippen molar-refractivity contribution < 1.29 is 18.8 Å². The molecule has 0 aliphatic carbocycles.